The molecule has 4 nitrogen and oxygen atoms in total. The Morgan fingerprint density at radius 2 is 2.16 bits per heavy atom. The predicted molar refractivity (Wildman–Crippen MR) is 74.2 cm³/mol. The van der Waals surface area contributed by atoms with Gasteiger partial charge >= 0.3 is 0 Å². The lowest BCUT2D eigenvalue weighted by Crippen LogP contribution is -2.34. The number of nitrogens with two attached hydrogens (primary N) is 1. The third-order valence-corrected chi connectivity index (χ3v) is 3.90. The highest BCUT2D eigenvalue weighted by Crippen LogP contribution is 2.39. The molecule has 0 bridgehead atoms. The zero-order chi connectivity index (χ0) is 13.1. The Balaban J connectivity index is 1.97. The van der Waals surface area contributed by atoms with E-state index in [2.05, 4.69) is 39.7 Å². The van der Waals surface area contributed by atoms with Crippen LogP contribution in [0, 0.1) is 0 Å². The van der Waals surface area contributed by atoms with E-state index in [0.717, 1.165) is 18.5 Å². The number of aromatic nitrogens is 2. The van der Waals surface area contributed by atoms with Gasteiger partial charge in [0.1, 0.15) is 0 Å². The van der Waals surface area contributed by atoms with Gasteiger partial charge in [-0.3, -0.25) is 21.2 Å². The van der Waals surface area contributed by atoms with Crippen molar-refractivity contribution >= 4 is 0 Å². The summed E-state index contributed by atoms with van der Waals surface area (Å²) in [6.07, 6.45) is 8.68. The molecular formula is C15H18N4. The van der Waals surface area contributed by atoms with Gasteiger partial charge in [-0.1, -0.05) is 24.3 Å². The van der Waals surface area contributed by atoms with Gasteiger partial charge in [-0.25, -0.2) is 0 Å². The molecule has 1 aliphatic rings. The second-order valence-corrected chi connectivity index (χ2v) is 4.97. The molecule has 0 saturated heterocycles. The maximum Gasteiger partial charge on any atom is 0.0775 e. The molecule has 1 aromatic carbocycles. The molecule has 2 aromatic rings. The lowest BCUT2D eigenvalue weighted by atomic mass is 9.78. The standard InChI is InChI=1S/C15H18N4/c16-19-15(14-10-17-8-9-18-14)13-7-3-5-11-4-1-2-6-12(11)13/h1-2,4,6,8-10,13,15,19H,3,5,7,16H2. The van der Waals surface area contributed by atoms with Crippen molar-refractivity contribution in [3.63, 3.8) is 0 Å². The number of aryl methyl sites for hydroxylation is 1. The van der Waals surface area contributed by atoms with E-state index in [9.17, 15) is 0 Å². The Morgan fingerprint density at radius 3 is 2.95 bits per heavy atom. The van der Waals surface area contributed by atoms with Crippen LogP contribution in [0.3, 0.4) is 0 Å². The zero-order valence-corrected chi connectivity index (χ0v) is 10.8. The molecule has 0 saturated carbocycles. The van der Waals surface area contributed by atoms with Crippen molar-refractivity contribution in [2.45, 2.75) is 31.2 Å². The van der Waals surface area contributed by atoms with Gasteiger partial charge in [-0.2, -0.15) is 0 Å². The van der Waals surface area contributed by atoms with E-state index in [0.29, 0.717) is 5.92 Å². The van der Waals surface area contributed by atoms with E-state index in [4.69, 9.17) is 5.84 Å². The molecule has 2 atom stereocenters. The van der Waals surface area contributed by atoms with E-state index >= 15 is 0 Å². The van der Waals surface area contributed by atoms with Crippen LogP contribution in [0.2, 0.25) is 0 Å². The van der Waals surface area contributed by atoms with E-state index in [1.165, 1.54) is 17.5 Å². The van der Waals surface area contributed by atoms with Crippen LogP contribution in [0.5, 0.6) is 0 Å². The van der Waals surface area contributed by atoms with Gasteiger partial charge in [-0.05, 0) is 30.4 Å². The smallest absolute Gasteiger partial charge is 0.0775 e. The lowest BCUT2D eigenvalue weighted by Gasteiger charge is -2.31. The topological polar surface area (TPSA) is 63.8 Å². The summed E-state index contributed by atoms with van der Waals surface area (Å²) in [5.41, 5.74) is 6.66. The highest BCUT2D eigenvalue weighted by Gasteiger charge is 2.29. The van der Waals surface area contributed by atoms with E-state index < -0.39 is 0 Å². The lowest BCUT2D eigenvalue weighted by molar-refractivity contribution is 0.400. The fraction of sp³-hybridized carbons (Fsp3) is 0.333. The third kappa shape index (κ3) is 2.37. The first-order chi connectivity index (χ1) is 9.40. The van der Waals surface area contributed by atoms with Crippen molar-refractivity contribution in [2.75, 3.05) is 0 Å². The minimum atomic E-state index is 0.0233. The fourth-order valence-corrected chi connectivity index (χ4v) is 3.02. The quantitative estimate of drug-likeness (QED) is 0.650. The van der Waals surface area contributed by atoms with Gasteiger partial charge in [-0.15, -0.1) is 0 Å². The van der Waals surface area contributed by atoms with Crippen LogP contribution in [-0.4, -0.2) is 9.97 Å². The number of nitrogens with zero attached hydrogens (tertiary/aromatic N) is 2. The van der Waals surface area contributed by atoms with Gasteiger partial charge in [0.05, 0.1) is 17.9 Å². The summed E-state index contributed by atoms with van der Waals surface area (Å²) in [5, 5.41) is 0. The van der Waals surface area contributed by atoms with Gasteiger partial charge in [0, 0.05) is 18.3 Å². The van der Waals surface area contributed by atoms with Crippen molar-refractivity contribution < 1.29 is 0 Å². The average molecular weight is 254 g/mol. The predicted octanol–water partition coefficient (Wildman–Crippen LogP) is 2.10. The van der Waals surface area contributed by atoms with E-state index in [1.54, 1.807) is 18.6 Å². The van der Waals surface area contributed by atoms with E-state index in [1.807, 2.05) is 0 Å². The van der Waals surface area contributed by atoms with Crippen molar-refractivity contribution in [3.8, 4) is 0 Å². The largest absolute Gasteiger partial charge is 0.271 e. The molecule has 0 amide bonds. The molecule has 0 radical (unpaired) electrons. The summed E-state index contributed by atoms with van der Waals surface area (Å²) in [6, 6.07) is 8.65. The summed E-state index contributed by atoms with van der Waals surface area (Å²) >= 11 is 0. The normalized spacial score (nSPS) is 19.7. The fourth-order valence-electron chi connectivity index (χ4n) is 3.02. The van der Waals surface area contributed by atoms with Gasteiger partial charge in [0.15, 0.2) is 0 Å². The summed E-state index contributed by atoms with van der Waals surface area (Å²) in [7, 11) is 0. The monoisotopic (exact) mass is 254 g/mol. The molecular weight excluding hydrogens is 236 g/mol. The molecule has 1 heterocycles. The molecule has 0 aliphatic heterocycles. The molecule has 3 rings (SSSR count). The van der Waals surface area contributed by atoms with Gasteiger partial charge in [0.25, 0.3) is 0 Å². The van der Waals surface area contributed by atoms with Crippen molar-refractivity contribution in [1.29, 1.82) is 0 Å². The van der Waals surface area contributed by atoms with Crippen LogP contribution in [0.4, 0.5) is 0 Å². The Labute approximate surface area is 113 Å². The first kappa shape index (κ1) is 12.3. The van der Waals surface area contributed by atoms with Crippen molar-refractivity contribution in [3.05, 3.63) is 59.7 Å². The molecule has 1 aliphatic carbocycles. The van der Waals surface area contributed by atoms with Crippen molar-refractivity contribution in [1.82, 2.24) is 15.4 Å². The highest BCUT2D eigenvalue weighted by atomic mass is 15.2. The average Bonchev–Trinajstić information content (AvgIpc) is 2.49. The van der Waals surface area contributed by atoms with Gasteiger partial charge < -0.3 is 0 Å². The maximum absolute atomic E-state index is 5.77. The maximum atomic E-state index is 5.77. The first-order valence-corrected chi connectivity index (χ1v) is 6.70. The van der Waals surface area contributed by atoms with Crippen LogP contribution < -0.4 is 11.3 Å². The highest BCUT2D eigenvalue weighted by molar-refractivity contribution is 5.34. The molecule has 19 heavy (non-hydrogen) atoms. The van der Waals surface area contributed by atoms with Gasteiger partial charge in [0.2, 0.25) is 0 Å². The third-order valence-electron chi connectivity index (χ3n) is 3.90. The minimum absolute atomic E-state index is 0.0233. The number of hydrogen-bond acceptors (Lipinski definition) is 4. The SMILES string of the molecule is NNC(c1cnccn1)C1CCCc2ccccc21. The van der Waals surface area contributed by atoms with Crippen LogP contribution in [0.1, 0.15) is 41.6 Å². The molecule has 0 spiro atoms. The minimum Gasteiger partial charge on any atom is -0.271 e. The number of hydrazine groups is 1. The number of benzene rings is 1. The Kier molecular flexibility index (Phi) is 3.53. The Morgan fingerprint density at radius 1 is 1.26 bits per heavy atom. The molecule has 4 heteroatoms. The summed E-state index contributed by atoms with van der Waals surface area (Å²) < 4.78 is 0. The summed E-state index contributed by atoms with van der Waals surface area (Å²) in [4.78, 5) is 8.54. The summed E-state index contributed by atoms with van der Waals surface area (Å²) in [5.74, 6) is 6.14. The van der Waals surface area contributed by atoms with Crippen LogP contribution in [-0.2, 0) is 6.42 Å². The number of fused-ring (bicyclic) bond motifs is 1. The summed E-state index contributed by atoms with van der Waals surface area (Å²) in [6.45, 7) is 0. The van der Waals surface area contributed by atoms with Crippen molar-refractivity contribution in [2.24, 2.45) is 5.84 Å². The second-order valence-electron chi connectivity index (χ2n) is 4.97. The molecule has 1 aromatic heterocycles. The number of nitrogens with one attached hydrogen (secondary N) is 1. The second kappa shape index (κ2) is 5.47. The molecule has 0 fully saturated rings. The molecule has 98 valence electrons. The number of rotatable bonds is 3. The zero-order valence-electron chi connectivity index (χ0n) is 10.8. The Hall–Kier alpha value is -1.78. The Bertz CT molecular complexity index is 541. The molecule has 2 unspecified atom stereocenters. The molecule has 3 N–H and O–H groups in total. The van der Waals surface area contributed by atoms with Crippen LogP contribution in [0.15, 0.2) is 42.9 Å². The first-order valence-electron chi connectivity index (χ1n) is 6.70. The number of hydrogen-bond donors (Lipinski definition) is 2. The van der Waals surface area contributed by atoms with Crippen LogP contribution in [0.25, 0.3) is 0 Å². The van der Waals surface area contributed by atoms with E-state index in [-0.39, 0.29) is 6.04 Å². The van der Waals surface area contributed by atoms with Crippen LogP contribution >= 0.6 is 0 Å².